The molecule has 2 aromatic rings. The lowest BCUT2D eigenvalue weighted by Crippen LogP contribution is -2.31. The summed E-state index contributed by atoms with van der Waals surface area (Å²) in [5.74, 6) is 1.22. The Morgan fingerprint density at radius 1 is 1.15 bits per heavy atom. The molecule has 4 rings (SSSR count). The van der Waals surface area contributed by atoms with Crippen molar-refractivity contribution in [2.24, 2.45) is 5.92 Å². The maximum atomic E-state index is 13.0. The van der Waals surface area contributed by atoms with Crippen molar-refractivity contribution in [3.63, 3.8) is 0 Å². The van der Waals surface area contributed by atoms with E-state index in [0.717, 1.165) is 13.0 Å². The summed E-state index contributed by atoms with van der Waals surface area (Å²) in [5, 5.41) is 3.71. The molecule has 0 radical (unpaired) electrons. The lowest BCUT2D eigenvalue weighted by molar-refractivity contribution is 0.373. The van der Waals surface area contributed by atoms with Gasteiger partial charge in [-0.05, 0) is 54.0 Å². The molecular weight excluding hydrogens is 353 g/mol. The predicted octanol–water partition coefficient (Wildman–Crippen LogP) is 3.19. The monoisotopic (exact) mass is 377 g/mol. The molecule has 3 unspecified atom stereocenters. The normalized spacial score (nSPS) is 24.2. The van der Waals surface area contributed by atoms with Crippen molar-refractivity contribution in [2.45, 2.75) is 31.2 Å². The standard InChI is InChI=1S/C19H20FN.CH4O3S/c20-15-8-5-13(6-9-15)11-19-17-10-7-14-3-1-2-4-16(14)18(17)12-21-19;1-5(2,3)4/h1-6,8-9,17-19,21H,7,10-12H2;1H3,(H,2,3,4). The average Bonchev–Trinajstić information content (AvgIpc) is 2.99. The Kier molecular flexibility index (Phi) is 5.75. The highest BCUT2D eigenvalue weighted by molar-refractivity contribution is 7.85. The molecular formula is C20H24FNO3S. The van der Waals surface area contributed by atoms with Crippen molar-refractivity contribution in [3.05, 3.63) is 71.0 Å². The first-order valence-electron chi connectivity index (χ1n) is 8.79. The third kappa shape index (κ3) is 4.90. The second kappa shape index (κ2) is 7.86. The molecule has 6 heteroatoms. The molecule has 2 aliphatic rings. The second-order valence-electron chi connectivity index (χ2n) is 7.09. The van der Waals surface area contributed by atoms with Gasteiger partial charge >= 0.3 is 0 Å². The van der Waals surface area contributed by atoms with Crippen molar-refractivity contribution in [1.82, 2.24) is 5.32 Å². The van der Waals surface area contributed by atoms with E-state index in [0.29, 0.717) is 24.1 Å². The van der Waals surface area contributed by atoms with E-state index in [4.69, 9.17) is 4.55 Å². The minimum atomic E-state index is -3.67. The zero-order chi connectivity index (χ0) is 18.7. The van der Waals surface area contributed by atoms with Gasteiger partial charge in [0.15, 0.2) is 0 Å². The van der Waals surface area contributed by atoms with Crippen LogP contribution in [0.5, 0.6) is 0 Å². The maximum Gasteiger partial charge on any atom is 0.261 e. The Hall–Kier alpha value is -1.76. The van der Waals surface area contributed by atoms with Crippen LogP contribution in [-0.2, 0) is 23.0 Å². The van der Waals surface area contributed by atoms with Gasteiger partial charge in [-0.3, -0.25) is 4.55 Å². The molecule has 0 spiro atoms. The van der Waals surface area contributed by atoms with Crippen molar-refractivity contribution in [3.8, 4) is 0 Å². The maximum absolute atomic E-state index is 13.0. The van der Waals surface area contributed by atoms with Gasteiger partial charge in [0, 0.05) is 18.5 Å². The number of hydrogen-bond acceptors (Lipinski definition) is 3. The van der Waals surface area contributed by atoms with Crippen LogP contribution >= 0.6 is 0 Å². The fourth-order valence-corrected chi connectivity index (χ4v) is 4.15. The summed E-state index contributed by atoms with van der Waals surface area (Å²) in [7, 11) is -3.67. The lowest BCUT2D eigenvalue weighted by atomic mass is 9.74. The average molecular weight is 377 g/mol. The summed E-state index contributed by atoms with van der Waals surface area (Å²) in [5.41, 5.74) is 4.30. The van der Waals surface area contributed by atoms with E-state index in [9.17, 15) is 12.8 Å². The van der Waals surface area contributed by atoms with E-state index in [1.165, 1.54) is 24.0 Å². The summed E-state index contributed by atoms with van der Waals surface area (Å²) in [4.78, 5) is 0. The topological polar surface area (TPSA) is 66.4 Å². The zero-order valence-corrected chi connectivity index (χ0v) is 15.5. The van der Waals surface area contributed by atoms with Gasteiger partial charge in [-0.2, -0.15) is 8.42 Å². The minimum Gasteiger partial charge on any atom is -0.313 e. The van der Waals surface area contributed by atoms with Crippen molar-refractivity contribution >= 4 is 10.1 Å². The highest BCUT2D eigenvalue weighted by Gasteiger charge is 2.39. The van der Waals surface area contributed by atoms with Gasteiger partial charge in [-0.15, -0.1) is 0 Å². The van der Waals surface area contributed by atoms with Crippen LogP contribution in [0.2, 0.25) is 0 Å². The van der Waals surface area contributed by atoms with E-state index < -0.39 is 10.1 Å². The van der Waals surface area contributed by atoms with Crippen LogP contribution in [0.25, 0.3) is 0 Å². The Morgan fingerprint density at radius 2 is 1.81 bits per heavy atom. The first-order valence-corrected chi connectivity index (χ1v) is 10.6. The number of hydrogen-bond donors (Lipinski definition) is 2. The van der Waals surface area contributed by atoms with Crippen LogP contribution < -0.4 is 5.32 Å². The van der Waals surface area contributed by atoms with E-state index in [2.05, 4.69) is 29.6 Å². The second-order valence-corrected chi connectivity index (χ2v) is 8.55. The number of aryl methyl sites for hydroxylation is 1. The van der Waals surface area contributed by atoms with Gasteiger partial charge in [-0.25, -0.2) is 4.39 Å². The van der Waals surface area contributed by atoms with Gasteiger partial charge in [0.1, 0.15) is 5.82 Å². The Morgan fingerprint density at radius 3 is 2.50 bits per heavy atom. The smallest absolute Gasteiger partial charge is 0.261 e. The van der Waals surface area contributed by atoms with Crippen LogP contribution in [0.1, 0.15) is 29.0 Å². The van der Waals surface area contributed by atoms with Crippen LogP contribution in [0, 0.1) is 11.7 Å². The largest absolute Gasteiger partial charge is 0.313 e. The highest BCUT2D eigenvalue weighted by atomic mass is 32.2. The summed E-state index contributed by atoms with van der Waals surface area (Å²) in [6.07, 6.45) is 4.18. The van der Waals surface area contributed by atoms with Crippen LogP contribution in [0.4, 0.5) is 4.39 Å². The van der Waals surface area contributed by atoms with Gasteiger partial charge in [0.2, 0.25) is 0 Å². The molecule has 1 heterocycles. The van der Waals surface area contributed by atoms with Gasteiger partial charge < -0.3 is 5.32 Å². The number of rotatable bonds is 2. The third-order valence-corrected chi connectivity index (χ3v) is 5.20. The lowest BCUT2D eigenvalue weighted by Gasteiger charge is -2.30. The molecule has 3 atom stereocenters. The Labute approximate surface area is 154 Å². The van der Waals surface area contributed by atoms with E-state index >= 15 is 0 Å². The summed E-state index contributed by atoms with van der Waals surface area (Å²) in [6, 6.07) is 16.4. The molecule has 140 valence electrons. The van der Waals surface area contributed by atoms with Crippen LogP contribution in [-0.4, -0.2) is 31.8 Å². The molecule has 0 saturated carbocycles. The number of benzene rings is 2. The fraction of sp³-hybridized carbons (Fsp3) is 0.400. The number of nitrogens with one attached hydrogen (secondary N) is 1. The summed E-state index contributed by atoms with van der Waals surface area (Å²) in [6.45, 7) is 1.08. The number of halogens is 1. The molecule has 0 amide bonds. The van der Waals surface area contributed by atoms with Crippen molar-refractivity contribution in [2.75, 3.05) is 12.8 Å². The molecule has 0 bridgehead atoms. The number of fused-ring (bicyclic) bond motifs is 3. The fourth-order valence-electron chi connectivity index (χ4n) is 4.15. The zero-order valence-electron chi connectivity index (χ0n) is 14.7. The van der Waals surface area contributed by atoms with E-state index in [1.807, 2.05) is 12.1 Å². The Bertz CT molecular complexity index is 844. The highest BCUT2D eigenvalue weighted by Crippen LogP contribution is 2.41. The van der Waals surface area contributed by atoms with E-state index in [1.54, 1.807) is 17.7 Å². The summed E-state index contributed by atoms with van der Waals surface area (Å²) >= 11 is 0. The molecule has 1 fully saturated rings. The molecule has 26 heavy (non-hydrogen) atoms. The van der Waals surface area contributed by atoms with Crippen LogP contribution in [0.15, 0.2) is 48.5 Å². The molecule has 1 aliphatic carbocycles. The molecule has 2 aromatic carbocycles. The molecule has 1 aliphatic heterocycles. The molecule has 2 N–H and O–H groups in total. The van der Waals surface area contributed by atoms with E-state index in [-0.39, 0.29) is 5.82 Å². The quantitative estimate of drug-likeness (QED) is 0.789. The van der Waals surface area contributed by atoms with Gasteiger partial charge in [0.05, 0.1) is 6.26 Å². The van der Waals surface area contributed by atoms with Crippen molar-refractivity contribution < 1.29 is 17.4 Å². The summed E-state index contributed by atoms with van der Waals surface area (Å²) < 4.78 is 38.9. The molecule has 0 aromatic heterocycles. The van der Waals surface area contributed by atoms with Gasteiger partial charge in [-0.1, -0.05) is 36.4 Å². The van der Waals surface area contributed by atoms with Gasteiger partial charge in [0.25, 0.3) is 10.1 Å². The van der Waals surface area contributed by atoms with Crippen LogP contribution in [0.3, 0.4) is 0 Å². The molecule has 4 nitrogen and oxygen atoms in total. The predicted molar refractivity (Wildman–Crippen MR) is 100 cm³/mol. The third-order valence-electron chi connectivity index (χ3n) is 5.20. The van der Waals surface area contributed by atoms with Crippen molar-refractivity contribution in [1.29, 1.82) is 0 Å². The first kappa shape index (κ1) is 19.0. The first-order chi connectivity index (χ1) is 12.3. The Balaban J connectivity index is 0.000000349. The SMILES string of the molecule is CS(=O)(=O)O.Fc1ccc(CC2NCC3c4ccccc4CCC23)cc1. The minimum absolute atomic E-state index is 0.150. The molecule has 1 saturated heterocycles.